The lowest BCUT2D eigenvalue weighted by molar-refractivity contribution is -0.122. The topological polar surface area (TPSA) is 49.4 Å². The smallest absolute Gasteiger partial charge is 0.265 e. The van der Waals surface area contributed by atoms with Crippen LogP contribution in [0.25, 0.3) is 6.08 Å². The number of nitrogens with zero attached hydrogens (tertiary/aromatic N) is 1. The molecule has 0 bridgehead atoms. The first kappa shape index (κ1) is 21.2. The first-order chi connectivity index (χ1) is 15.1. The Morgan fingerprint density at radius 3 is 2.48 bits per heavy atom. The average molecular weight is 449 g/mol. The van der Waals surface area contributed by atoms with Crippen LogP contribution in [-0.4, -0.2) is 24.9 Å². The van der Waals surface area contributed by atoms with Crippen LogP contribution in [-0.2, 0) is 16.0 Å². The van der Waals surface area contributed by atoms with Gasteiger partial charge in [-0.1, -0.05) is 84.0 Å². The van der Waals surface area contributed by atoms with Gasteiger partial charge in [0.05, 0.1) is 10.6 Å². The molecule has 2 amide bonds. The van der Waals surface area contributed by atoms with Gasteiger partial charge >= 0.3 is 0 Å². The Morgan fingerprint density at radius 2 is 1.68 bits per heavy atom. The molecule has 0 aromatic heterocycles. The van der Waals surface area contributed by atoms with E-state index in [0.717, 1.165) is 28.1 Å². The lowest BCUT2D eigenvalue weighted by Gasteiger charge is -2.29. The third kappa shape index (κ3) is 5.19. The number of anilines is 1. The number of hydrogen-bond acceptors (Lipinski definition) is 3. The standard InChI is InChI=1S/C25H21ClN2O2S/c26-20-11-5-4-10-19(20)16-23-25(30)28(21-12-6-7-13-22(21)31-23)17-24(29)27-15-14-18-8-2-1-3-9-18/h1-13,16H,14-15,17H2,(H,27,29). The predicted octanol–water partition coefficient (Wildman–Crippen LogP) is 5.18. The molecule has 0 spiro atoms. The van der Waals surface area contributed by atoms with E-state index in [-0.39, 0.29) is 18.4 Å². The summed E-state index contributed by atoms with van der Waals surface area (Å²) in [4.78, 5) is 28.9. The molecule has 6 heteroatoms. The van der Waals surface area contributed by atoms with E-state index in [0.29, 0.717) is 16.5 Å². The van der Waals surface area contributed by atoms with Crippen molar-refractivity contribution < 1.29 is 9.59 Å². The highest BCUT2D eigenvalue weighted by Crippen LogP contribution is 2.42. The third-order valence-electron chi connectivity index (χ3n) is 4.90. The largest absolute Gasteiger partial charge is 0.354 e. The fourth-order valence-corrected chi connectivity index (χ4v) is 4.58. The Labute approximate surface area is 190 Å². The van der Waals surface area contributed by atoms with Crippen molar-refractivity contribution in [2.24, 2.45) is 0 Å². The highest BCUT2D eigenvalue weighted by Gasteiger charge is 2.30. The summed E-state index contributed by atoms with van der Waals surface area (Å²) in [5.41, 5.74) is 2.67. The quantitative estimate of drug-likeness (QED) is 0.528. The van der Waals surface area contributed by atoms with Gasteiger partial charge in [0.15, 0.2) is 0 Å². The molecule has 3 aromatic carbocycles. The number of halogens is 1. The number of rotatable bonds is 6. The first-order valence-corrected chi connectivity index (χ1v) is 11.2. The van der Waals surface area contributed by atoms with Gasteiger partial charge in [0.1, 0.15) is 6.54 Å². The van der Waals surface area contributed by atoms with E-state index in [1.807, 2.05) is 72.8 Å². The van der Waals surface area contributed by atoms with E-state index in [1.165, 1.54) is 16.7 Å². The van der Waals surface area contributed by atoms with E-state index in [4.69, 9.17) is 11.6 Å². The van der Waals surface area contributed by atoms with E-state index in [9.17, 15) is 9.59 Å². The Hall–Kier alpha value is -3.02. The van der Waals surface area contributed by atoms with E-state index < -0.39 is 0 Å². The Balaban J connectivity index is 1.51. The van der Waals surface area contributed by atoms with Crippen LogP contribution in [0.5, 0.6) is 0 Å². The molecule has 0 aliphatic carbocycles. The molecule has 4 nitrogen and oxygen atoms in total. The maximum absolute atomic E-state index is 13.2. The summed E-state index contributed by atoms with van der Waals surface area (Å²) in [7, 11) is 0. The van der Waals surface area contributed by atoms with E-state index in [1.54, 1.807) is 12.1 Å². The number of carbonyl (C=O) groups excluding carboxylic acids is 2. The molecule has 0 unspecified atom stereocenters. The fraction of sp³-hybridized carbons (Fsp3) is 0.120. The Kier molecular flexibility index (Phi) is 6.75. The summed E-state index contributed by atoms with van der Waals surface area (Å²) < 4.78 is 0. The number of nitrogens with one attached hydrogen (secondary N) is 1. The molecular weight excluding hydrogens is 428 g/mol. The molecule has 0 fully saturated rings. The van der Waals surface area contributed by atoms with Crippen molar-refractivity contribution in [3.63, 3.8) is 0 Å². The highest BCUT2D eigenvalue weighted by molar-refractivity contribution is 8.04. The van der Waals surface area contributed by atoms with Crippen molar-refractivity contribution in [2.45, 2.75) is 11.3 Å². The van der Waals surface area contributed by atoms with Gasteiger partial charge in [-0.3, -0.25) is 14.5 Å². The maximum Gasteiger partial charge on any atom is 0.265 e. The number of amides is 2. The minimum absolute atomic E-state index is 0.0366. The Morgan fingerprint density at radius 1 is 0.968 bits per heavy atom. The fourth-order valence-electron chi connectivity index (χ4n) is 3.34. The zero-order chi connectivity index (χ0) is 21.6. The molecular formula is C25H21ClN2O2S. The third-order valence-corrected chi connectivity index (χ3v) is 6.33. The summed E-state index contributed by atoms with van der Waals surface area (Å²) >= 11 is 7.67. The monoisotopic (exact) mass is 448 g/mol. The Bertz CT molecular complexity index is 1130. The number of benzene rings is 3. The second-order valence-corrected chi connectivity index (χ2v) is 8.57. The summed E-state index contributed by atoms with van der Waals surface area (Å²) in [6.07, 6.45) is 2.52. The number of thioether (sulfide) groups is 1. The van der Waals surface area contributed by atoms with Crippen LogP contribution in [0, 0.1) is 0 Å². The molecule has 0 radical (unpaired) electrons. The van der Waals surface area contributed by atoms with Crippen molar-refractivity contribution in [2.75, 3.05) is 18.0 Å². The first-order valence-electron chi connectivity index (χ1n) is 9.97. The molecule has 3 aromatic rings. The van der Waals surface area contributed by atoms with Crippen LogP contribution in [0.1, 0.15) is 11.1 Å². The van der Waals surface area contributed by atoms with Gasteiger partial charge < -0.3 is 5.32 Å². The minimum Gasteiger partial charge on any atom is -0.354 e. The van der Waals surface area contributed by atoms with E-state index >= 15 is 0 Å². The van der Waals surface area contributed by atoms with Crippen LogP contribution < -0.4 is 10.2 Å². The van der Waals surface area contributed by atoms with Crippen LogP contribution >= 0.6 is 23.4 Å². The molecule has 0 saturated carbocycles. The van der Waals surface area contributed by atoms with Gasteiger partial charge in [-0.15, -0.1) is 0 Å². The normalized spacial score (nSPS) is 14.4. The lowest BCUT2D eigenvalue weighted by Crippen LogP contribution is -2.43. The van der Waals surface area contributed by atoms with Gasteiger partial charge in [0, 0.05) is 16.5 Å². The van der Waals surface area contributed by atoms with E-state index in [2.05, 4.69) is 5.32 Å². The average Bonchev–Trinajstić information content (AvgIpc) is 2.79. The second-order valence-electron chi connectivity index (χ2n) is 7.08. The predicted molar refractivity (Wildman–Crippen MR) is 127 cm³/mol. The summed E-state index contributed by atoms with van der Waals surface area (Å²) in [5, 5.41) is 3.50. The zero-order valence-electron chi connectivity index (χ0n) is 16.8. The zero-order valence-corrected chi connectivity index (χ0v) is 18.3. The van der Waals surface area contributed by atoms with Gasteiger partial charge in [0.2, 0.25) is 5.91 Å². The molecule has 1 N–H and O–H groups in total. The van der Waals surface area contributed by atoms with Gasteiger partial charge in [-0.05, 0) is 41.8 Å². The SMILES string of the molecule is O=C(CN1C(=O)C(=Cc2ccccc2Cl)Sc2ccccc21)NCCc1ccccc1. The van der Waals surface area contributed by atoms with Crippen molar-refractivity contribution in [1.29, 1.82) is 0 Å². The summed E-state index contributed by atoms with van der Waals surface area (Å²) in [6, 6.07) is 25.0. The highest BCUT2D eigenvalue weighted by atomic mass is 35.5. The minimum atomic E-state index is -0.207. The molecule has 4 rings (SSSR count). The van der Waals surface area contributed by atoms with Crippen molar-refractivity contribution in [3.8, 4) is 0 Å². The van der Waals surface area contributed by atoms with Crippen LogP contribution in [0.4, 0.5) is 5.69 Å². The van der Waals surface area contributed by atoms with Crippen molar-refractivity contribution in [1.82, 2.24) is 5.32 Å². The number of hydrogen-bond donors (Lipinski definition) is 1. The number of para-hydroxylation sites is 1. The molecule has 1 heterocycles. The summed E-state index contributed by atoms with van der Waals surface area (Å²) in [6.45, 7) is 0.481. The maximum atomic E-state index is 13.2. The molecule has 0 saturated heterocycles. The van der Waals surface area contributed by atoms with Crippen LogP contribution in [0.15, 0.2) is 88.7 Å². The second kappa shape index (κ2) is 9.86. The molecule has 1 aliphatic heterocycles. The van der Waals surface area contributed by atoms with Gasteiger partial charge in [-0.25, -0.2) is 0 Å². The lowest BCUT2D eigenvalue weighted by atomic mass is 10.1. The van der Waals surface area contributed by atoms with Crippen molar-refractivity contribution >= 4 is 46.9 Å². The number of carbonyl (C=O) groups is 2. The molecule has 0 atom stereocenters. The van der Waals surface area contributed by atoms with Crippen molar-refractivity contribution in [3.05, 3.63) is 99.9 Å². The van der Waals surface area contributed by atoms with Crippen LogP contribution in [0.3, 0.4) is 0 Å². The van der Waals surface area contributed by atoms with Crippen LogP contribution in [0.2, 0.25) is 5.02 Å². The molecule has 31 heavy (non-hydrogen) atoms. The van der Waals surface area contributed by atoms with Gasteiger partial charge in [-0.2, -0.15) is 0 Å². The summed E-state index contributed by atoms with van der Waals surface area (Å²) in [5.74, 6) is -0.398. The molecule has 156 valence electrons. The van der Waals surface area contributed by atoms with Gasteiger partial charge in [0.25, 0.3) is 5.91 Å². The molecule has 1 aliphatic rings. The number of fused-ring (bicyclic) bond motifs is 1.